The molecule has 1 fully saturated rings. The molecular formula is C16H23NO4. The second kappa shape index (κ2) is 6.80. The van der Waals surface area contributed by atoms with Crippen LogP contribution in [0.15, 0.2) is 18.2 Å². The Balaban J connectivity index is 2.27. The number of methoxy groups -OCH3 is 2. The van der Waals surface area contributed by atoms with Crippen LogP contribution in [0.2, 0.25) is 0 Å². The topological polar surface area (TPSA) is 59.0 Å². The van der Waals surface area contributed by atoms with Crippen LogP contribution in [0.3, 0.4) is 0 Å². The molecule has 5 nitrogen and oxygen atoms in total. The van der Waals surface area contributed by atoms with E-state index in [1.54, 1.807) is 32.2 Å². The van der Waals surface area contributed by atoms with Crippen LogP contribution in [0.1, 0.15) is 36.5 Å². The predicted molar refractivity (Wildman–Crippen MR) is 79.9 cm³/mol. The first kappa shape index (κ1) is 15.6. The van der Waals surface area contributed by atoms with E-state index in [0.717, 1.165) is 19.4 Å². The van der Waals surface area contributed by atoms with Gasteiger partial charge in [0.2, 0.25) is 0 Å². The van der Waals surface area contributed by atoms with Gasteiger partial charge in [-0.1, -0.05) is 6.07 Å². The van der Waals surface area contributed by atoms with Gasteiger partial charge in [0.1, 0.15) is 0 Å². The lowest BCUT2D eigenvalue weighted by atomic mass is 10.1. The number of nitrogens with zero attached hydrogens (tertiary/aromatic N) is 1. The molecule has 0 spiro atoms. The third kappa shape index (κ3) is 3.29. The quantitative estimate of drug-likeness (QED) is 0.903. The van der Waals surface area contributed by atoms with Crippen LogP contribution in [0.25, 0.3) is 0 Å². The van der Waals surface area contributed by atoms with Gasteiger partial charge in [0.25, 0.3) is 5.91 Å². The maximum atomic E-state index is 12.8. The van der Waals surface area contributed by atoms with Gasteiger partial charge in [-0.15, -0.1) is 0 Å². The Labute approximate surface area is 125 Å². The van der Waals surface area contributed by atoms with E-state index in [2.05, 4.69) is 0 Å². The fraction of sp³-hybridized carbons (Fsp3) is 0.562. The van der Waals surface area contributed by atoms with Crippen LogP contribution in [0, 0.1) is 0 Å². The SMILES string of the molecule is COc1cccc(C(=O)N2CCCC2CC(C)O)c1OC. The molecule has 2 atom stereocenters. The monoisotopic (exact) mass is 293 g/mol. The van der Waals surface area contributed by atoms with Crippen LogP contribution in [-0.4, -0.2) is 48.8 Å². The number of aliphatic hydroxyl groups excluding tert-OH is 1. The molecule has 0 radical (unpaired) electrons. The Kier molecular flexibility index (Phi) is 5.07. The van der Waals surface area contributed by atoms with Crippen molar-refractivity contribution in [3.63, 3.8) is 0 Å². The molecule has 0 aromatic heterocycles. The van der Waals surface area contributed by atoms with Gasteiger partial charge in [-0.05, 0) is 38.3 Å². The molecule has 1 aromatic carbocycles. The number of aliphatic hydroxyl groups is 1. The molecule has 1 aliphatic heterocycles. The molecule has 1 N–H and O–H groups in total. The van der Waals surface area contributed by atoms with Crippen molar-refractivity contribution < 1.29 is 19.4 Å². The van der Waals surface area contributed by atoms with Gasteiger partial charge >= 0.3 is 0 Å². The molecule has 0 bridgehead atoms. The van der Waals surface area contributed by atoms with Gasteiger partial charge in [0.05, 0.1) is 25.9 Å². The maximum absolute atomic E-state index is 12.8. The molecule has 21 heavy (non-hydrogen) atoms. The van der Waals surface area contributed by atoms with E-state index in [9.17, 15) is 9.90 Å². The number of amides is 1. The molecule has 1 heterocycles. The van der Waals surface area contributed by atoms with Gasteiger partial charge in [-0.3, -0.25) is 4.79 Å². The number of rotatable bonds is 5. The van der Waals surface area contributed by atoms with Crippen LogP contribution < -0.4 is 9.47 Å². The van der Waals surface area contributed by atoms with Crippen molar-refractivity contribution in [3.05, 3.63) is 23.8 Å². The van der Waals surface area contributed by atoms with E-state index in [4.69, 9.17) is 9.47 Å². The number of para-hydroxylation sites is 1. The van der Waals surface area contributed by atoms with Crippen molar-refractivity contribution in [1.29, 1.82) is 0 Å². The van der Waals surface area contributed by atoms with E-state index in [0.29, 0.717) is 23.5 Å². The number of carbonyl (C=O) groups is 1. The highest BCUT2D eigenvalue weighted by atomic mass is 16.5. The van der Waals surface area contributed by atoms with Crippen LogP contribution in [0.4, 0.5) is 0 Å². The maximum Gasteiger partial charge on any atom is 0.258 e. The summed E-state index contributed by atoms with van der Waals surface area (Å²) in [6, 6.07) is 5.40. The lowest BCUT2D eigenvalue weighted by molar-refractivity contribution is 0.0678. The van der Waals surface area contributed by atoms with Crippen molar-refractivity contribution in [1.82, 2.24) is 4.90 Å². The van der Waals surface area contributed by atoms with E-state index >= 15 is 0 Å². The highest BCUT2D eigenvalue weighted by Gasteiger charge is 2.32. The van der Waals surface area contributed by atoms with Crippen molar-refractivity contribution in [2.75, 3.05) is 20.8 Å². The molecule has 2 unspecified atom stereocenters. The summed E-state index contributed by atoms with van der Waals surface area (Å²) in [6.07, 6.45) is 2.10. The fourth-order valence-corrected chi connectivity index (χ4v) is 2.95. The van der Waals surface area contributed by atoms with Crippen molar-refractivity contribution in [3.8, 4) is 11.5 Å². The fourth-order valence-electron chi connectivity index (χ4n) is 2.95. The molecule has 1 aliphatic rings. The number of benzene rings is 1. The first-order chi connectivity index (χ1) is 10.1. The highest BCUT2D eigenvalue weighted by Crippen LogP contribution is 2.33. The predicted octanol–water partition coefficient (Wildman–Crippen LogP) is 2.08. The summed E-state index contributed by atoms with van der Waals surface area (Å²) in [5, 5.41) is 9.58. The summed E-state index contributed by atoms with van der Waals surface area (Å²) < 4.78 is 10.6. The largest absolute Gasteiger partial charge is 0.493 e. The Bertz CT molecular complexity index is 501. The minimum atomic E-state index is -0.407. The summed E-state index contributed by atoms with van der Waals surface area (Å²) in [7, 11) is 3.09. The van der Waals surface area contributed by atoms with E-state index < -0.39 is 6.10 Å². The standard InChI is InChI=1S/C16H23NO4/c1-11(18)10-12-6-5-9-17(12)16(19)13-7-4-8-14(20-2)15(13)21-3/h4,7-8,11-12,18H,5-6,9-10H2,1-3H3. The average Bonchev–Trinajstić information content (AvgIpc) is 2.92. The zero-order valence-corrected chi connectivity index (χ0v) is 12.8. The second-order valence-corrected chi connectivity index (χ2v) is 5.42. The molecule has 5 heteroatoms. The summed E-state index contributed by atoms with van der Waals surface area (Å²) in [6.45, 7) is 2.48. The number of ether oxygens (including phenoxy) is 2. The first-order valence-electron chi connectivity index (χ1n) is 7.28. The van der Waals surface area contributed by atoms with Crippen LogP contribution in [0.5, 0.6) is 11.5 Å². The van der Waals surface area contributed by atoms with Gasteiger partial charge in [0.15, 0.2) is 11.5 Å². The van der Waals surface area contributed by atoms with Crippen LogP contribution in [-0.2, 0) is 0 Å². The van der Waals surface area contributed by atoms with Gasteiger partial charge < -0.3 is 19.5 Å². The van der Waals surface area contributed by atoms with Crippen molar-refractivity contribution >= 4 is 5.91 Å². The lowest BCUT2D eigenvalue weighted by Gasteiger charge is -2.26. The van der Waals surface area contributed by atoms with E-state index in [-0.39, 0.29) is 11.9 Å². The molecular weight excluding hydrogens is 270 g/mol. The van der Waals surface area contributed by atoms with Crippen molar-refractivity contribution in [2.45, 2.75) is 38.3 Å². The summed E-state index contributed by atoms with van der Waals surface area (Å²) in [4.78, 5) is 14.6. The molecule has 2 rings (SSSR count). The average molecular weight is 293 g/mol. The van der Waals surface area contributed by atoms with E-state index in [1.165, 1.54) is 7.11 Å². The third-order valence-electron chi connectivity index (χ3n) is 3.88. The Morgan fingerprint density at radius 2 is 2.19 bits per heavy atom. The Morgan fingerprint density at radius 1 is 1.43 bits per heavy atom. The molecule has 1 aromatic rings. The van der Waals surface area contributed by atoms with E-state index in [1.807, 2.05) is 4.90 Å². The normalized spacial score (nSPS) is 19.4. The molecule has 0 aliphatic carbocycles. The number of hydrogen-bond donors (Lipinski definition) is 1. The second-order valence-electron chi connectivity index (χ2n) is 5.42. The Morgan fingerprint density at radius 3 is 2.81 bits per heavy atom. The molecule has 116 valence electrons. The minimum Gasteiger partial charge on any atom is -0.493 e. The zero-order chi connectivity index (χ0) is 15.4. The zero-order valence-electron chi connectivity index (χ0n) is 12.8. The lowest BCUT2D eigenvalue weighted by Crippen LogP contribution is -2.37. The summed E-state index contributed by atoms with van der Waals surface area (Å²) in [5.41, 5.74) is 0.509. The minimum absolute atomic E-state index is 0.0612. The van der Waals surface area contributed by atoms with Gasteiger partial charge in [-0.25, -0.2) is 0 Å². The van der Waals surface area contributed by atoms with Gasteiger partial charge in [0, 0.05) is 12.6 Å². The Hall–Kier alpha value is -1.75. The third-order valence-corrected chi connectivity index (χ3v) is 3.88. The first-order valence-corrected chi connectivity index (χ1v) is 7.28. The van der Waals surface area contributed by atoms with Gasteiger partial charge in [-0.2, -0.15) is 0 Å². The van der Waals surface area contributed by atoms with Crippen LogP contribution >= 0.6 is 0 Å². The molecule has 1 saturated heterocycles. The van der Waals surface area contributed by atoms with Crippen molar-refractivity contribution in [2.24, 2.45) is 0 Å². The smallest absolute Gasteiger partial charge is 0.258 e. The number of hydrogen-bond acceptors (Lipinski definition) is 4. The molecule has 1 amide bonds. The number of likely N-dealkylation sites (tertiary alicyclic amines) is 1. The highest BCUT2D eigenvalue weighted by molar-refractivity contribution is 5.98. The number of carbonyl (C=O) groups excluding carboxylic acids is 1. The summed E-state index contributed by atoms with van der Waals surface area (Å²) in [5.74, 6) is 0.955. The molecule has 0 saturated carbocycles. The summed E-state index contributed by atoms with van der Waals surface area (Å²) >= 11 is 0.